The number of benzene rings is 1. The van der Waals surface area contributed by atoms with Crippen molar-refractivity contribution in [3.63, 3.8) is 0 Å². The van der Waals surface area contributed by atoms with Crippen LogP contribution in [-0.4, -0.2) is 13.4 Å². The normalized spacial score (nSPS) is 11.5. The van der Waals surface area contributed by atoms with Gasteiger partial charge in [0.25, 0.3) is 0 Å². The molecule has 0 spiro atoms. The average molecular weight is 311 g/mol. The number of nitrogens with zero attached hydrogens (tertiary/aromatic N) is 1. The highest BCUT2D eigenvalue weighted by Crippen LogP contribution is 2.18. The molecule has 106 valence electrons. The Balaban J connectivity index is 2.20. The highest BCUT2D eigenvalue weighted by Gasteiger charge is 2.18. The Morgan fingerprint density at radius 2 is 1.85 bits per heavy atom. The van der Waals surface area contributed by atoms with Crippen molar-refractivity contribution in [2.75, 3.05) is 0 Å². The molecule has 0 unspecified atom stereocenters. The van der Waals surface area contributed by atoms with Gasteiger partial charge in [-0.15, -0.1) is 0 Å². The molecule has 2 aromatic rings. The predicted octanol–water partition coefficient (Wildman–Crippen LogP) is 2.78. The minimum atomic E-state index is -3.66. The monoisotopic (exact) mass is 310 g/mol. The van der Waals surface area contributed by atoms with Gasteiger partial charge in [0.1, 0.15) is 10.0 Å². The lowest BCUT2D eigenvalue weighted by atomic mass is 10.1. The predicted molar refractivity (Wildman–Crippen MR) is 79.1 cm³/mol. The van der Waals surface area contributed by atoms with Crippen LogP contribution in [0.5, 0.6) is 0 Å². The second-order valence-corrected chi connectivity index (χ2v) is 6.33. The van der Waals surface area contributed by atoms with Crippen LogP contribution in [0.1, 0.15) is 18.1 Å². The van der Waals surface area contributed by atoms with E-state index in [1.807, 2.05) is 31.2 Å². The van der Waals surface area contributed by atoms with E-state index in [0.717, 1.165) is 17.5 Å². The van der Waals surface area contributed by atoms with E-state index >= 15 is 0 Å². The lowest BCUT2D eigenvalue weighted by molar-refractivity contribution is 0.580. The smallest absolute Gasteiger partial charge is 0.243 e. The van der Waals surface area contributed by atoms with Gasteiger partial charge in [0, 0.05) is 12.7 Å². The van der Waals surface area contributed by atoms with Crippen molar-refractivity contribution < 1.29 is 8.42 Å². The molecule has 20 heavy (non-hydrogen) atoms. The maximum atomic E-state index is 12.2. The number of halogens is 1. The summed E-state index contributed by atoms with van der Waals surface area (Å²) in [4.78, 5) is 3.78. The summed E-state index contributed by atoms with van der Waals surface area (Å²) in [6.07, 6.45) is 2.30. The SMILES string of the molecule is CCc1ccccc1CNS(=O)(=O)c1cccnc1Cl. The summed E-state index contributed by atoms with van der Waals surface area (Å²) >= 11 is 5.82. The quantitative estimate of drug-likeness (QED) is 0.864. The van der Waals surface area contributed by atoms with E-state index in [1.165, 1.54) is 12.3 Å². The number of rotatable bonds is 5. The minimum absolute atomic E-state index is 0.00403. The fourth-order valence-electron chi connectivity index (χ4n) is 1.90. The zero-order valence-corrected chi connectivity index (χ0v) is 12.6. The van der Waals surface area contributed by atoms with Gasteiger partial charge in [0.2, 0.25) is 10.0 Å². The summed E-state index contributed by atoms with van der Waals surface area (Å²) in [5.74, 6) is 0. The van der Waals surface area contributed by atoms with E-state index in [-0.39, 0.29) is 16.6 Å². The zero-order chi connectivity index (χ0) is 14.6. The van der Waals surface area contributed by atoms with Crippen molar-refractivity contribution in [3.8, 4) is 0 Å². The van der Waals surface area contributed by atoms with Crippen LogP contribution in [0.3, 0.4) is 0 Å². The summed E-state index contributed by atoms with van der Waals surface area (Å²) in [7, 11) is -3.66. The topological polar surface area (TPSA) is 59.1 Å². The van der Waals surface area contributed by atoms with Crippen molar-refractivity contribution in [3.05, 3.63) is 58.9 Å². The molecule has 1 heterocycles. The summed E-state index contributed by atoms with van der Waals surface area (Å²) < 4.78 is 26.9. The third-order valence-corrected chi connectivity index (χ3v) is 4.81. The van der Waals surface area contributed by atoms with Crippen LogP contribution in [0.15, 0.2) is 47.5 Å². The summed E-state index contributed by atoms with van der Waals surface area (Å²) in [6.45, 7) is 2.27. The van der Waals surface area contributed by atoms with E-state index in [0.29, 0.717) is 0 Å². The van der Waals surface area contributed by atoms with Crippen molar-refractivity contribution in [2.45, 2.75) is 24.8 Å². The molecule has 0 saturated carbocycles. The Bertz CT molecular complexity index is 702. The van der Waals surface area contributed by atoms with Gasteiger partial charge in [-0.2, -0.15) is 0 Å². The van der Waals surface area contributed by atoms with E-state index in [9.17, 15) is 8.42 Å². The van der Waals surface area contributed by atoms with Gasteiger partial charge in [-0.1, -0.05) is 42.8 Å². The molecule has 0 fully saturated rings. The molecule has 1 aromatic carbocycles. The third kappa shape index (κ3) is 3.36. The van der Waals surface area contributed by atoms with Gasteiger partial charge in [-0.3, -0.25) is 0 Å². The molecule has 0 aliphatic heterocycles. The molecule has 6 heteroatoms. The molecule has 0 amide bonds. The van der Waals surface area contributed by atoms with Crippen molar-refractivity contribution in [2.24, 2.45) is 0 Å². The molecule has 4 nitrogen and oxygen atoms in total. The first-order valence-electron chi connectivity index (χ1n) is 6.21. The van der Waals surface area contributed by atoms with Crippen LogP contribution in [0.2, 0.25) is 5.15 Å². The minimum Gasteiger partial charge on any atom is -0.243 e. The lowest BCUT2D eigenvalue weighted by Gasteiger charge is -2.10. The van der Waals surface area contributed by atoms with Gasteiger partial charge >= 0.3 is 0 Å². The number of sulfonamides is 1. The lowest BCUT2D eigenvalue weighted by Crippen LogP contribution is -2.24. The first-order chi connectivity index (χ1) is 9.54. The molecular weight excluding hydrogens is 296 g/mol. The number of hydrogen-bond donors (Lipinski definition) is 1. The second-order valence-electron chi connectivity index (χ2n) is 4.24. The van der Waals surface area contributed by atoms with E-state index < -0.39 is 10.0 Å². The van der Waals surface area contributed by atoms with Gasteiger partial charge in [0.05, 0.1) is 0 Å². The van der Waals surface area contributed by atoms with Crippen LogP contribution in [0, 0.1) is 0 Å². The maximum Gasteiger partial charge on any atom is 0.243 e. The molecule has 1 aromatic heterocycles. The maximum absolute atomic E-state index is 12.2. The summed E-state index contributed by atoms with van der Waals surface area (Å²) in [6, 6.07) is 10.7. The molecule has 1 N–H and O–H groups in total. The van der Waals surface area contributed by atoms with Crippen LogP contribution in [0.25, 0.3) is 0 Å². The Kier molecular flexibility index (Phi) is 4.75. The highest BCUT2D eigenvalue weighted by atomic mass is 35.5. The van der Waals surface area contributed by atoms with Crippen LogP contribution in [-0.2, 0) is 23.0 Å². The molecule has 0 aliphatic rings. The largest absolute Gasteiger partial charge is 0.243 e. The fraction of sp³-hybridized carbons (Fsp3) is 0.214. The average Bonchev–Trinajstić information content (AvgIpc) is 2.46. The zero-order valence-electron chi connectivity index (χ0n) is 11.0. The summed E-state index contributed by atoms with van der Waals surface area (Å²) in [5, 5.41) is -0.0243. The van der Waals surface area contributed by atoms with Crippen molar-refractivity contribution in [1.29, 1.82) is 0 Å². The number of nitrogens with one attached hydrogen (secondary N) is 1. The molecule has 0 atom stereocenters. The van der Waals surface area contributed by atoms with Gasteiger partial charge in [0.15, 0.2) is 0 Å². The van der Waals surface area contributed by atoms with Gasteiger partial charge in [-0.25, -0.2) is 18.1 Å². The fourth-order valence-corrected chi connectivity index (χ4v) is 3.35. The van der Waals surface area contributed by atoms with Gasteiger partial charge in [-0.05, 0) is 29.7 Å². The highest BCUT2D eigenvalue weighted by molar-refractivity contribution is 7.89. The molecule has 0 saturated heterocycles. The molecule has 0 aliphatic carbocycles. The Morgan fingerprint density at radius 3 is 2.50 bits per heavy atom. The van der Waals surface area contributed by atoms with E-state index in [2.05, 4.69) is 9.71 Å². The Hall–Kier alpha value is -1.43. The van der Waals surface area contributed by atoms with E-state index in [1.54, 1.807) is 6.07 Å². The Morgan fingerprint density at radius 1 is 1.15 bits per heavy atom. The van der Waals surface area contributed by atoms with Crippen LogP contribution in [0.4, 0.5) is 0 Å². The second kappa shape index (κ2) is 6.35. The molecule has 0 radical (unpaired) electrons. The third-order valence-electron chi connectivity index (χ3n) is 2.97. The first-order valence-corrected chi connectivity index (χ1v) is 8.07. The number of aryl methyl sites for hydroxylation is 1. The van der Waals surface area contributed by atoms with Crippen LogP contribution >= 0.6 is 11.6 Å². The number of pyridine rings is 1. The standard InChI is InChI=1S/C14H15ClN2O2S/c1-2-11-6-3-4-7-12(11)10-17-20(18,19)13-8-5-9-16-14(13)15/h3-9,17H,2,10H2,1H3. The molecule has 0 bridgehead atoms. The first kappa shape index (κ1) is 15.0. The number of hydrogen-bond acceptors (Lipinski definition) is 3. The molecule has 2 rings (SSSR count). The van der Waals surface area contributed by atoms with Crippen molar-refractivity contribution >= 4 is 21.6 Å². The molecular formula is C14H15ClN2O2S. The summed E-state index contributed by atoms with van der Waals surface area (Å²) in [5.41, 5.74) is 2.08. The number of aromatic nitrogens is 1. The van der Waals surface area contributed by atoms with Crippen molar-refractivity contribution in [1.82, 2.24) is 9.71 Å². The Labute approximate surface area is 123 Å². The van der Waals surface area contributed by atoms with Gasteiger partial charge < -0.3 is 0 Å². The van der Waals surface area contributed by atoms with E-state index in [4.69, 9.17) is 11.6 Å². The van der Waals surface area contributed by atoms with Crippen LogP contribution < -0.4 is 4.72 Å².